The third kappa shape index (κ3) is 4.72. The minimum absolute atomic E-state index is 0.0661. The Morgan fingerprint density at radius 1 is 1.16 bits per heavy atom. The lowest BCUT2D eigenvalue weighted by molar-refractivity contribution is 0.0974. The largest absolute Gasteiger partial charge is 0.436 e. The molecule has 192 valence electrons. The topological polar surface area (TPSA) is 117 Å². The van der Waals surface area contributed by atoms with Crippen LogP contribution in [0.25, 0.3) is 11.2 Å². The van der Waals surface area contributed by atoms with Crippen LogP contribution in [-0.4, -0.2) is 61.6 Å². The summed E-state index contributed by atoms with van der Waals surface area (Å²) in [6.07, 6.45) is 7.37. The third-order valence-electron chi connectivity index (χ3n) is 7.23. The fourth-order valence-corrected chi connectivity index (χ4v) is 6.01. The molecule has 2 saturated heterocycles. The average molecular weight is 539 g/mol. The van der Waals surface area contributed by atoms with Crippen molar-refractivity contribution in [1.29, 1.82) is 0 Å². The van der Waals surface area contributed by atoms with Gasteiger partial charge >= 0.3 is 0 Å². The molecule has 0 unspecified atom stereocenters. The molecule has 12 heteroatoms. The summed E-state index contributed by atoms with van der Waals surface area (Å²) < 4.78 is 13.3. The molecule has 2 aliphatic heterocycles. The van der Waals surface area contributed by atoms with Gasteiger partial charge in [0.2, 0.25) is 5.88 Å². The van der Waals surface area contributed by atoms with Crippen molar-refractivity contribution in [3.63, 3.8) is 0 Å². The summed E-state index contributed by atoms with van der Waals surface area (Å²) in [4.78, 5) is 21.5. The highest BCUT2D eigenvalue weighted by molar-refractivity contribution is 7.99. The average Bonchev–Trinajstić information content (AvgIpc) is 3.44. The molecule has 1 spiro atoms. The van der Waals surface area contributed by atoms with Gasteiger partial charge in [-0.2, -0.15) is 0 Å². The lowest BCUT2D eigenvalue weighted by atomic mass is 9.73. The SMILES string of the molecule is C[C@@H]1OCC2(CCN(c3cnc4nc(Sc5cccc(Oc6ccn(C)n6)c5Cl)ncc4n3)CC2)[C@@H]1N. The zero-order valence-electron chi connectivity index (χ0n) is 20.5. The molecule has 4 aromatic rings. The van der Waals surface area contributed by atoms with E-state index in [0.717, 1.165) is 43.3 Å². The van der Waals surface area contributed by atoms with Gasteiger partial charge in [0.1, 0.15) is 17.1 Å². The minimum atomic E-state index is 0.0661. The van der Waals surface area contributed by atoms with Crippen LogP contribution in [0, 0.1) is 5.41 Å². The van der Waals surface area contributed by atoms with Crippen molar-refractivity contribution >= 4 is 40.3 Å². The number of rotatable bonds is 5. The van der Waals surface area contributed by atoms with E-state index in [1.165, 1.54) is 11.8 Å². The van der Waals surface area contributed by atoms with Gasteiger partial charge in [-0.3, -0.25) is 4.68 Å². The van der Waals surface area contributed by atoms with Crippen molar-refractivity contribution in [3.8, 4) is 11.6 Å². The summed E-state index contributed by atoms with van der Waals surface area (Å²) in [7, 11) is 1.83. The number of nitrogens with two attached hydrogens (primary N) is 1. The van der Waals surface area contributed by atoms with Crippen LogP contribution in [-0.2, 0) is 11.8 Å². The number of piperidine rings is 1. The Morgan fingerprint density at radius 3 is 2.73 bits per heavy atom. The van der Waals surface area contributed by atoms with Gasteiger partial charge in [0, 0.05) is 48.8 Å². The smallest absolute Gasteiger partial charge is 0.238 e. The normalized spacial score (nSPS) is 21.1. The quantitative estimate of drug-likeness (QED) is 0.372. The number of halogens is 1. The summed E-state index contributed by atoms with van der Waals surface area (Å²) in [5, 5.41) is 5.22. The second kappa shape index (κ2) is 9.71. The first-order valence-electron chi connectivity index (χ1n) is 12.2. The molecule has 10 nitrogen and oxygen atoms in total. The third-order valence-corrected chi connectivity index (χ3v) is 8.67. The molecule has 1 aromatic carbocycles. The first-order chi connectivity index (χ1) is 17.9. The number of benzene rings is 1. The molecule has 2 N–H and O–H groups in total. The molecule has 0 saturated carbocycles. The van der Waals surface area contributed by atoms with Crippen molar-refractivity contribution < 1.29 is 9.47 Å². The summed E-state index contributed by atoms with van der Waals surface area (Å²) in [6, 6.07) is 7.42. The summed E-state index contributed by atoms with van der Waals surface area (Å²) >= 11 is 7.96. The lowest BCUT2D eigenvalue weighted by Gasteiger charge is -2.41. The molecular formula is C25H27ClN8O2S. The maximum atomic E-state index is 6.62. The van der Waals surface area contributed by atoms with Gasteiger partial charge in [-0.25, -0.2) is 19.9 Å². The second-order valence-electron chi connectivity index (χ2n) is 9.58. The fraction of sp³-hybridized carbons (Fsp3) is 0.400. The van der Waals surface area contributed by atoms with Gasteiger partial charge in [-0.1, -0.05) is 17.7 Å². The Labute approximate surface area is 223 Å². The molecular weight excluding hydrogens is 512 g/mol. The minimum Gasteiger partial charge on any atom is -0.436 e. The number of fused-ring (bicyclic) bond motifs is 1. The van der Waals surface area contributed by atoms with E-state index in [1.54, 1.807) is 35.4 Å². The predicted molar refractivity (Wildman–Crippen MR) is 141 cm³/mol. The molecule has 37 heavy (non-hydrogen) atoms. The van der Waals surface area contributed by atoms with Crippen LogP contribution in [0.1, 0.15) is 19.8 Å². The lowest BCUT2D eigenvalue weighted by Crippen LogP contribution is -2.50. The zero-order valence-corrected chi connectivity index (χ0v) is 22.1. The van der Waals surface area contributed by atoms with Crippen LogP contribution >= 0.6 is 23.4 Å². The van der Waals surface area contributed by atoms with Gasteiger partial charge in [0.25, 0.3) is 0 Å². The molecule has 2 aliphatic rings. The van der Waals surface area contributed by atoms with Gasteiger partial charge in [0.15, 0.2) is 10.8 Å². The number of anilines is 1. The number of aromatic nitrogens is 6. The van der Waals surface area contributed by atoms with E-state index in [0.29, 0.717) is 33.0 Å². The van der Waals surface area contributed by atoms with Crippen molar-refractivity contribution in [3.05, 3.63) is 47.9 Å². The van der Waals surface area contributed by atoms with Crippen LogP contribution in [0.2, 0.25) is 5.02 Å². The van der Waals surface area contributed by atoms with Gasteiger partial charge in [0.05, 0.1) is 30.1 Å². The number of hydrogen-bond acceptors (Lipinski definition) is 10. The monoisotopic (exact) mass is 538 g/mol. The fourth-order valence-electron chi connectivity index (χ4n) is 4.96. The van der Waals surface area contributed by atoms with Crippen LogP contribution < -0.4 is 15.4 Å². The molecule has 2 atom stereocenters. The molecule has 0 radical (unpaired) electrons. The molecule has 5 heterocycles. The maximum absolute atomic E-state index is 6.62. The number of hydrogen-bond donors (Lipinski definition) is 1. The summed E-state index contributed by atoms with van der Waals surface area (Å²) in [5.41, 5.74) is 7.71. The standard InChI is InChI=1S/C25H27ClN8O2S/c1-15-22(27)25(14-35-15)7-10-34(11-8-25)19-13-28-23-16(30-19)12-29-24(31-23)37-18-5-3-4-17(21(18)26)36-20-6-9-33(2)32-20/h3-6,9,12-13,15,22H,7-8,10-11,14,27H2,1-2H3/t15-,22+/m0/s1. The van der Waals surface area contributed by atoms with Crippen molar-refractivity contribution in [2.45, 2.75) is 42.0 Å². The molecule has 0 bridgehead atoms. The van der Waals surface area contributed by atoms with E-state index in [1.807, 2.05) is 19.2 Å². The Balaban J connectivity index is 1.16. The molecule has 0 amide bonds. The number of ether oxygens (including phenoxy) is 2. The van der Waals surface area contributed by atoms with Crippen molar-refractivity contribution in [2.75, 3.05) is 24.6 Å². The van der Waals surface area contributed by atoms with Crippen LogP contribution in [0.4, 0.5) is 5.82 Å². The number of nitrogens with zero attached hydrogens (tertiary/aromatic N) is 7. The van der Waals surface area contributed by atoms with E-state index >= 15 is 0 Å². The highest BCUT2D eigenvalue weighted by Crippen LogP contribution is 2.42. The van der Waals surface area contributed by atoms with Crippen LogP contribution in [0.5, 0.6) is 11.6 Å². The van der Waals surface area contributed by atoms with E-state index in [4.69, 9.17) is 31.8 Å². The first-order valence-corrected chi connectivity index (χ1v) is 13.4. The Kier molecular flexibility index (Phi) is 6.39. The Morgan fingerprint density at radius 2 is 2.00 bits per heavy atom. The Bertz CT molecular complexity index is 1440. The van der Waals surface area contributed by atoms with E-state index < -0.39 is 0 Å². The molecule has 6 rings (SSSR count). The molecule has 2 fully saturated rings. The van der Waals surface area contributed by atoms with E-state index in [2.05, 4.69) is 31.9 Å². The van der Waals surface area contributed by atoms with Crippen molar-refractivity contribution in [2.24, 2.45) is 18.2 Å². The number of aryl methyl sites for hydroxylation is 1. The van der Waals surface area contributed by atoms with Crippen molar-refractivity contribution in [1.82, 2.24) is 29.7 Å². The van der Waals surface area contributed by atoms with E-state index in [-0.39, 0.29) is 17.6 Å². The van der Waals surface area contributed by atoms with Gasteiger partial charge in [-0.15, -0.1) is 5.10 Å². The second-order valence-corrected chi connectivity index (χ2v) is 11.0. The van der Waals surface area contributed by atoms with Gasteiger partial charge < -0.3 is 20.1 Å². The summed E-state index contributed by atoms with van der Waals surface area (Å²) in [5.74, 6) is 1.81. The van der Waals surface area contributed by atoms with E-state index in [9.17, 15) is 0 Å². The summed E-state index contributed by atoms with van der Waals surface area (Å²) in [6.45, 7) is 4.54. The van der Waals surface area contributed by atoms with Gasteiger partial charge in [-0.05, 0) is 43.7 Å². The van der Waals surface area contributed by atoms with Crippen LogP contribution in [0.3, 0.4) is 0 Å². The highest BCUT2D eigenvalue weighted by Gasteiger charge is 2.47. The van der Waals surface area contributed by atoms with Crippen LogP contribution in [0.15, 0.2) is 52.9 Å². The zero-order chi connectivity index (χ0) is 25.6. The Hall–Kier alpha value is -2.99. The predicted octanol–water partition coefficient (Wildman–Crippen LogP) is 4.08. The highest BCUT2D eigenvalue weighted by atomic mass is 35.5. The first kappa shape index (κ1) is 24.4. The maximum Gasteiger partial charge on any atom is 0.238 e. The molecule has 0 aliphatic carbocycles. The molecule has 3 aromatic heterocycles.